The van der Waals surface area contributed by atoms with Crippen LogP contribution in [0.1, 0.15) is 16.1 Å². The summed E-state index contributed by atoms with van der Waals surface area (Å²) in [5.74, 6) is 0. The summed E-state index contributed by atoms with van der Waals surface area (Å²) in [5.41, 5.74) is 1.48. The lowest BCUT2D eigenvalue weighted by molar-refractivity contribution is 0.112. The highest BCUT2D eigenvalue weighted by Crippen LogP contribution is 2.17. The lowest BCUT2D eigenvalue weighted by Gasteiger charge is -2.02. The first-order valence-corrected chi connectivity index (χ1v) is 4.12. The van der Waals surface area contributed by atoms with Gasteiger partial charge in [0.15, 0.2) is 6.29 Å². The van der Waals surface area contributed by atoms with Gasteiger partial charge >= 0.3 is 0 Å². The lowest BCUT2D eigenvalue weighted by atomic mass is 10.1. The summed E-state index contributed by atoms with van der Waals surface area (Å²) in [7, 11) is 0. The normalized spacial score (nSPS) is 10.2. The number of hydrogen-bond acceptors (Lipinski definition) is 2. The summed E-state index contributed by atoms with van der Waals surface area (Å²) >= 11 is 0. The highest BCUT2D eigenvalue weighted by atomic mass is 16.1. The van der Waals surface area contributed by atoms with Crippen LogP contribution in [-0.4, -0.2) is 11.3 Å². The molecule has 0 aliphatic carbocycles. The van der Waals surface area contributed by atoms with E-state index in [-0.39, 0.29) is 0 Å². The average Bonchev–Trinajstić information content (AvgIpc) is 2.18. The largest absolute Gasteiger partial charge is 0.298 e. The number of aromatic nitrogens is 1. The highest BCUT2D eigenvalue weighted by molar-refractivity contribution is 5.98. The molecule has 64 valence electrons. The Morgan fingerprint density at radius 2 is 2.08 bits per heavy atom. The smallest absolute Gasteiger partial charge is 0.152 e. The predicted molar refractivity (Wildman–Crippen MR) is 51.9 cm³/mol. The molecule has 1 aromatic carbocycles. The van der Waals surface area contributed by atoms with E-state index in [1.54, 1.807) is 6.20 Å². The van der Waals surface area contributed by atoms with Crippen molar-refractivity contribution >= 4 is 17.1 Å². The van der Waals surface area contributed by atoms with Gasteiger partial charge in [0, 0.05) is 22.8 Å². The van der Waals surface area contributed by atoms with Crippen molar-refractivity contribution in [3.63, 3.8) is 0 Å². The Hall–Kier alpha value is -1.70. The fourth-order valence-corrected chi connectivity index (χ4v) is 1.43. The maximum Gasteiger partial charge on any atom is 0.152 e. The molecule has 1 aromatic heterocycles. The Morgan fingerprint density at radius 1 is 1.31 bits per heavy atom. The number of carbonyl (C=O) groups excluding carboxylic acids is 1. The fraction of sp³-hybridized carbons (Fsp3) is 0.0909. The van der Waals surface area contributed by atoms with E-state index >= 15 is 0 Å². The van der Waals surface area contributed by atoms with E-state index in [4.69, 9.17) is 0 Å². The molecule has 0 radical (unpaired) electrons. The van der Waals surface area contributed by atoms with Gasteiger partial charge in [0.1, 0.15) is 0 Å². The summed E-state index contributed by atoms with van der Waals surface area (Å²) < 4.78 is 0. The van der Waals surface area contributed by atoms with Gasteiger partial charge in [-0.2, -0.15) is 0 Å². The molecule has 0 saturated carbocycles. The Labute approximate surface area is 76.2 Å². The Balaban J connectivity index is 2.91. The van der Waals surface area contributed by atoms with Crippen LogP contribution in [0.5, 0.6) is 0 Å². The number of hydrogen-bond donors (Lipinski definition) is 0. The summed E-state index contributed by atoms with van der Waals surface area (Å²) in [4.78, 5) is 14.9. The molecule has 0 N–H and O–H groups in total. The van der Waals surface area contributed by atoms with Gasteiger partial charge in [-0.15, -0.1) is 0 Å². The third-order valence-corrected chi connectivity index (χ3v) is 2.16. The fourth-order valence-electron chi connectivity index (χ4n) is 1.43. The molecule has 13 heavy (non-hydrogen) atoms. The van der Waals surface area contributed by atoms with Crippen molar-refractivity contribution in [1.29, 1.82) is 0 Å². The summed E-state index contributed by atoms with van der Waals surface area (Å²) in [6.07, 6.45) is 2.66. The van der Waals surface area contributed by atoms with Gasteiger partial charge < -0.3 is 0 Å². The van der Waals surface area contributed by atoms with Crippen LogP contribution in [0.25, 0.3) is 10.8 Å². The van der Waals surface area contributed by atoms with E-state index in [0.29, 0.717) is 5.56 Å². The van der Waals surface area contributed by atoms with E-state index in [2.05, 4.69) is 4.98 Å². The molecule has 0 spiro atoms. The molecular weight excluding hydrogens is 162 g/mol. The maximum atomic E-state index is 10.8. The van der Waals surface area contributed by atoms with Crippen LogP contribution in [0.3, 0.4) is 0 Å². The van der Waals surface area contributed by atoms with Crippen LogP contribution in [0.15, 0.2) is 30.5 Å². The van der Waals surface area contributed by atoms with Crippen molar-refractivity contribution < 1.29 is 4.79 Å². The minimum atomic E-state index is 0.693. The molecule has 1 heterocycles. The quantitative estimate of drug-likeness (QED) is 0.616. The van der Waals surface area contributed by atoms with Crippen LogP contribution < -0.4 is 0 Å². The van der Waals surface area contributed by atoms with Gasteiger partial charge in [0.2, 0.25) is 0 Å². The minimum absolute atomic E-state index is 0.693. The molecule has 0 aliphatic rings. The number of rotatable bonds is 1. The van der Waals surface area contributed by atoms with E-state index in [1.165, 1.54) is 0 Å². The third kappa shape index (κ3) is 1.20. The van der Waals surface area contributed by atoms with Crippen LogP contribution >= 0.6 is 0 Å². The van der Waals surface area contributed by atoms with Crippen molar-refractivity contribution in [1.82, 2.24) is 4.98 Å². The zero-order valence-electron chi connectivity index (χ0n) is 7.32. The van der Waals surface area contributed by atoms with E-state index in [9.17, 15) is 4.79 Å². The first-order valence-electron chi connectivity index (χ1n) is 4.12. The predicted octanol–water partition coefficient (Wildman–Crippen LogP) is 2.36. The summed E-state index contributed by atoms with van der Waals surface area (Å²) in [5, 5.41) is 1.99. The van der Waals surface area contributed by atoms with Crippen molar-refractivity contribution in [3.05, 3.63) is 41.7 Å². The molecule has 2 nitrogen and oxygen atoms in total. The van der Waals surface area contributed by atoms with Gasteiger partial charge in [0.25, 0.3) is 0 Å². The Bertz CT molecular complexity index is 463. The average molecular weight is 171 g/mol. The number of carbonyl (C=O) groups is 1. The first-order chi connectivity index (χ1) is 6.33. The van der Waals surface area contributed by atoms with Gasteiger partial charge in [-0.05, 0) is 12.3 Å². The van der Waals surface area contributed by atoms with Crippen molar-refractivity contribution in [2.24, 2.45) is 0 Å². The van der Waals surface area contributed by atoms with Crippen molar-refractivity contribution in [3.8, 4) is 0 Å². The van der Waals surface area contributed by atoms with Crippen LogP contribution in [0.4, 0.5) is 0 Å². The molecule has 2 heteroatoms. The second-order valence-corrected chi connectivity index (χ2v) is 2.96. The topological polar surface area (TPSA) is 30.0 Å². The molecule has 0 fully saturated rings. The van der Waals surface area contributed by atoms with Crippen LogP contribution in [0, 0.1) is 6.92 Å². The Morgan fingerprint density at radius 3 is 2.85 bits per heavy atom. The summed E-state index contributed by atoms with van der Waals surface area (Å²) in [6.45, 7) is 1.84. The lowest BCUT2D eigenvalue weighted by Crippen LogP contribution is -1.91. The molecular formula is C11H9NO. The van der Waals surface area contributed by atoms with Crippen LogP contribution in [-0.2, 0) is 0 Å². The van der Waals surface area contributed by atoms with E-state index in [0.717, 1.165) is 22.8 Å². The standard InChI is InChI=1S/C11H9NO/c1-8-11(7-13)10-5-3-2-4-9(10)6-12-8/h2-7H,1H3. The number of aldehydes is 1. The first kappa shape index (κ1) is 7.92. The molecule has 0 saturated heterocycles. The molecule has 0 bridgehead atoms. The van der Waals surface area contributed by atoms with E-state index in [1.807, 2.05) is 31.2 Å². The van der Waals surface area contributed by atoms with E-state index < -0.39 is 0 Å². The van der Waals surface area contributed by atoms with Gasteiger partial charge in [0.05, 0.1) is 0 Å². The van der Waals surface area contributed by atoms with Crippen LogP contribution in [0.2, 0.25) is 0 Å². The molecule has 2 aromatic rings. The molecule has 0 aliphatic heterocycles. The van der Waals surface area contributed by atoms with Crippen molar-refractivity contribution in [2.45, 2.75) is 6.92 Å². The zero-order chi connectivity index (χ0) is 9.26. The molecule has 0 amide bonds. The monoisotopic (exact) mass is 171 g/mol. The number of nitrogens with zero attached hydrogens (tertiary/aromatic N) is 1. The zero-order valence-corrected chi connectivity index (χ0v) is 7.32. The maximum absolute atomic E-state index is 10.8. The second-order valence-electron chi connectivity index (χ2n) is 2.96. The minimum Gasteiger partial charge on any atom is -0.298 e. The highest BCUT2D eigenvalue weighted by Gasteiger charge is 2.02. The summed E-state index contributed by atoms with van der Waals surface area (Å²) in [6, 6.07) is 7.76. The number of benzene rings is 1. The van der Waals surface area contributed by atoms with Gasteiger partial charge in [-0.3, -0.25) is 9.78 Å². The SMILES string of the molecule is Cc1ncc2ccccc2c1C=O. The molecule has 2 rings (SSSR count). The number of fused-ring (bicyclic) bond motifs is 1. The second kappa shape index (κ2) is 2.98. The Kier molecular flexibility index (Phi) is 1.81. The van der Waals surface area contributed by atoms with Gasteiger partial charge in [-0.1, -0.05) is 24.3 Å². The molecule has 0 unspecified atom stereocenters. The van der Waals surface area contributed by atoms with Crippen molar-refractivity contribution in [2.75, 3.05) is 0 Å². The number of aryl methyl sites for hydroxylation is 1. The molecule has 0 atom stereocenters. The number of pyridine rings is 1. The third-order valence-electron chi connectivity index (χ3n) is 2.16. The van der Waals surface area contributed by atoms with Gasteiger partial charge in [-0.25, -0.2) is 0 Å².